The summed E-state index contributed by atoms with van der Waals surface area (Å²) < 4.78 is 2.11. The zero-order valence-electron chi connectivity index (χ0n) is 22.0. The van der Waals surface area contributed by atoms with Gasteiger partial charge < -0.3 is 30.0 Å². The molecule has 4 rings (SSSR count). The number of benzene rings is 1. The van der Waals surface area contributed by atoms with E-state index in [4.69, 9.17) is 0 Å². The van der Waals surface area contributed by atoms with Crippen molar-refractivity contribution in [1.29, 1.82) is 0 Å². The lowest BCUT2D eigenvalue weighted by Crippen LogP contribution is -2.48. The molecule has 1 aromatic carbocycles. The molecule has 3 amide bonds. The van der Waals surface area contributed by atoms with Gasteiger partial charge in [0.1, 0.15) is 0 Å². The Morgan fingerprint density at radius 2 is 1.72 bits per heavy atom. The third-order valence-corrected chi connectivity index (χ3v) is 6.89. The highest BCUT2D eigenvalue weighted by Crippen LogP contribution is 2.31. The lowest BCUT2D eigenvalue weighted by Gasteiger charge is -2.32. The van der Waals surface area contributed by atoms with Crippen LogP contribution in [0.4, 0.5) is 10.5 Å². The van der Waals surface area contributed by atoms with Gasteiger partial charge in [0.05, 0.1) is 11.1 Å². The van der Waals surface area contributed by atoms with Gasteiger partial charge in [0.2, 0.25) is 0 Å². The second kappa shape index (κ2) is 10.2. The fourth-order valence-corrected chi connectivity index (χ4v) is 4.84. The number of hydrogen-bond donors (Lipinski definition) is 3. The molecule has 3 aromatic rings. The molecule has 9 nitrogen and oxygen atoms in total. The number of carbonyl (C=O) groups excluding carboxylic acids is 2. The van der Waals surface area contributed by atoms with Crippen LogP contribution in [0.25, 0.3) is 10.9 Å². The molecular formula is C27H36N6O3. The third kappa shape index (κ3) is 5.16. The number of likely N-dealkylation sites (N-methyl/N-ethyl adjacent to an activating group) is 1. The summed E-state index contributed by atoms with van der Waals surface area (Å²) in [5, 5.41) is 6.77. The van der Waals surface area contributed by atoms with Crippen LogP contribution >= 0.6 is 0 Å². The standard InChI is InChI=1S/C27H36N6O3/c1-16(2)33-15-18(4)24-21(25(34)28-14-22-17(3)11-19(5)29-26(22)35)12-20(13-23(24)33)30-27(36)32-9-7-31(6)8-10-32/h11-13,15-16H,7-10,14H2,1-6H3,(H,28,34)(H,29,35)(H,30,36). The number of rotatable bonds is 5. The lowest BCUT2D eigenvalue weighted by atomic mass is 10.0. The number of amides is 3. The largest absolute Gasteiger partial charge is 0.348 e. The molecular weight excluding hydrogens is 456 g/mol. The first-order chi connectivity index (χ1) is 17.0. The molecule has 0 unspecified atom stereocenters. The monoisotopic (exact) mass is 492 g/mol. The molecule has 1 saturated heterocycles. The van der Waals surface area contributed by atoms with E-state index < -0.39 is 0 Å². The van der Waals surface area contributed by atoms with Crippen LogP contribution in [0.5, 0.6) is 0 Å². The molecule has 2 aromatic heterocycles. The number of carbonyl (C=O) groups is 2. The summed E-state index contributed by atoms with van der Waals surface area (Å²) in [6.45, 7) is 12.9. The first-order valence-electron chi connectivity index (χ1n) is 12.4. The molecule has 0 atom stereocenters. The van der Waals surface area contributed by atoms with Crippen LogP contribution in [0.1, 0.15) is 52.6 Å². The highest BCUT2D eigenvalue weighted by molar-refractivity contribution is 6.10. The van der Waals surface area contributed by atoms with Crippen LogP contribution in [0, 0.1) is 20.8 Å². The average Bonchev–Trinajstić information content (AvgIpc) is 3.14. The lowest BCUT2D eigenvalue weighted by molar-refractivity contribution is 0.0952. The summed E-state index contributed by atoms with van der Waals surface area (Å²) in [5.74, 6) is -0.292. The van der Waals surface area contributed by atoms with E-state index in [0.717, 1.165) is 40.8 Å². The van der Waals surface area contributed by atoms with Gasteiger partial charge in [-0.05, 0) is 71.0 Å². The topological polar surface area (TPSA) is 102 Å². The number of piperazine rings is 1. The van der Waals surface area contributed by atoms with Crippen molar-refractivity contribution in [3.63, 3.8) is 0 Å². The maximum Gasteiger partial charge on any atom is 0.321 e. The molecule has 0 bridgehead atoms. The van der Waals surface area contributed by atoms with E-state index in [2.05, 4.69) is 38.9 Å². The van der Waals surface area contributed by atoms with E-state index in [1.54, 1.807) is 11.0 Å². The van der Waals surface area contributed by atoms with Crippen molar-refractivity contribution in [3.05, 3.63) is 62.7 Å². The van der Waals surface area contributed by atoms with Crippen LogP contribution in [-0.2, 0) is 6.54 Å². The number of aromatic nitrogens is 2. The number of nitrogens with one attached hydrogen (secondary N) is 3. The minimum atomic E-state index is -0.292. The van der Waals surface area contributed by atoms with Crippen molar-refractivity contribution in [2.45, 2.75) is 47.2 Å². The van der Waals surface area contributed by atoms with E-state index in [9.17, 15) is 14.4 Å². The summed E-state index contributed by atoms with van der Waals surface area (Å²) in [7, 11) is 2.04. The van der Waals surface area contributed by atoms with Gasteiger partial charge >= 0.3 is 6.03 Å². The Morgan fingerprint density at radius 1 is 1.03 bits per heavy atom. The van der Waals surface area contributed by atoms with Gasteiger partial charge in [-0.25, -0.2) is 4.79 Å². The Kier molecular flexibility index (Phi) is 7.21. The van der Waals surface area contributed by atoms with E-state index in [-0.39, 0.29) is 30.1 Å². The molecule has 36 heavy (non-hydrogen) atoms. The number of nitrogens with zero attached hydrogens (tertiary/aromatic N) is 3. The number of urea groups is 1. The Hall–Kier alpha value is -3.59. The van der Waals surface area contributed by atoms with Crippen molar-refractivity contribution in [2.24, 2.45) is 0 Å². The smallest absolute Gasteiger partial charge is 0.321 e. The predicted molar refractivity (Wildman–Crippen MR) is 143 cm³/mol. The summed E-state index contributed by atoms with van der Waals surface area (Å²) in [4.78, 5) is 45.7. The number of H-pyrrole nitrogens is 1. The van der Waals surface area contributed by atoms with E-state index in [0.29, 0.717) is 29.9 Å². The maximum atomic E-state index is 13.5. The summed E-state index contributed by atoms with van der Waals surface area (Å²) in [5.41, 5.74) is 4.84. The van der Waals surface area contributed by atoms with Crippen molar-refractivity contribution < 1.29 is 9.59 Å². The van der Waals surface area contributed by atoms with Crippen LogP contribution in [0.3, 0.4) is 0 Å². The molecule has 192 valence electrons. The summed E-state index contributed by atoms with van der Waals surface area (Å²) >= 11 is 0. The van der Waals surface area contributed by atoms with Crippen LogP contribution in [0.2, 0.25) is 0 Å². The normalized spacial score (nSPS) is 14.5. The van der Waals surface area contributed by atoms with Crippen molar-refractivity contribution >= 4 is 28.5 Å². The predicted octanol–water partition coefficient (Wildman–Crippen LogP) is 3.55. The van der Waals surface area contributed by atoms with Crippen molar-refractivity contribution in [2.75, 3.05) is 38.5 Å². The Bertz CT molecular complexity index is 1360. The highest BCUT2D eigenvalue weighted by atomic mass is 16.2. The number of aromatic amines is 1. The molecule has 1 aliphatic rings. The summed E-state index contributed by atoms with van der Waals surface area (Å²) in [6.07, 6.45) is 2.03. The van der Waals surface area contributed by atoms with Crippen LogP contribution in [-0.4, -0.2) is 64.5 Å². The number of anilines is 1. The van der Waals surface area contributed by atoms with Gasteiger partial charge in [-0.1, -0.05) is 0 Å². The van der Waals surface area contributed by atoms with Crippen molar-refractivity contribution in [1.82, 2.24) is 24.7 Å². The second-order valence-corrected chi connectivity index (χ2v) is 10.1. The fourth-order valence-electron chi connectivity index (χ4n) is 4.84. The molecule has 0 saturated carbocycles. The number of fused-ring (bicyclic) bond motifs is 1. The Labute approximate surface area is 211 Å². The number of hydrogen-bond acceptors (Lipinski definition) is 4. The highest BCUT2D eigenvalue weighted by Gasteiger charge is 2.22. The maximum absolute atomic E-state index is 13.5. The Morgan fingerprint density at radius 3 is 2.36 bits per heavy atom. The van der Waals surface area contributed by atoms with Gasteiger partial charge in [0.15, 0.2) is 0 Å². The van der Waals surface area contributed by atoms with E-state index in [1.807, 2.05) is 46.1 Å². The zero-order chi connectivity index (χ0) is 26.1. The first-order valence-corrected chi connectivity index (χ1v) is 12.4. The first kappa shape index (κ1) is 25.5. The minimum Gasteiger partial charge on any atom is -0.348 e. The summed E-state index contributed by atoms with van der Waals surface area (Å²) in [6, 6.07) is 5.56. The molecule has 9 heteroatoms. The van der Waals surface area contributed by atoms with Gasteiger partial charge in [-0.2, -0.15) is 0 Å². The second-order valence-electron chi connectivity index (χ2n) is 10.1. The molecule has 1 aliphatic heterocycles. The minimum absolute atomic E-state index is 0.115. The zero-order valence-corrected chi connectivity index (χ0v) is 22.0. The van der Waals surface area contributed by atoms with Crippen molar-refractivity contribution in [3.8, 4) is 0 Å². The molecule has 3 N–H and O–H groups in total. The Balaban J connectivity index is 1.67. The van der Waals surface area contributed by atoms with Crippen LogP contribution in [0.15, 0.2) is 29.2 Å². The SMILES string of the molecule is Cc1cc(C)c(CNC(=O)c2cc(NC(=O)N3CCN(C)CC3)cc3c2c(C)cn3C(C)C)c(=O)[nH]1. The number of aryl methyl sites for hydroxylation is 3. The molecule has 1 fully saturated rings. The van der Waals surface area contributed by atoms with E-state index >= 15 is 0 Å². The van der Waals surface area contributed by atoms with E-state index in [1.165, 1.54) is 0 Å². The number of pyridine rings is 1. The third-order valence-electron chi connectivity index (χ3n) is 6.89. The fraction of sp³-hybridized carbons (Fsp3) is 0.444. The van der Waals surface area contributed by atoms with Gasteiger partial charge in [-0.15, -0.1) is 0 Å². The molecule has 3 heterocycles. The van der Waals surface area contributed by atoms with Crippen LogP contribution < -0.4 is 16.2 Å². The molecule has 0 spiro atoms. The quantitative estimate of drug-likeness (QED) is 0.507. The van der Waals surface area contributed by atoms with Gasteiger partial charge in [0, 0.05) is 67.3 Å². The average molecular weight is 493 g/mol. The van der Waals surface area contributed by atoms with Gasteiger partial charge in [-0.3, -0.25) is 9.59 Å². The van der Waals surface area contributed by atoms with Gasteiger partial charge in [0.25, 0.3) is 11.5 Å². The molecule has 0 radical (unpaired) electrons. The molecule has 0 aliphatic carbocycles.